The van der Waals surface area contributed by atoms with Crippen molar-refractivity contribution < 1.29 is 21.5 Å². The number of nitriles is 1. The van der Waals surface area contributed by atoms with Gasteiger partial charge in [-0.1, -0.05) is 79.9 Å². The zero-order chi connectivity index (χ0) is 22.0. The van der Waals surface area contributed by atoms with Crippen LogP contribution in [-0.4, -0.2) is 30.2 Å². The molecular weight excluding hydrogens is 468 g/mol. The van der Waals surface area contributed by atoms with E-state index >= 15 is 0 Å². The van der Waals surface area contributed by atoms with Crippen LogP contribution in [0.4, 0.5) is 0 Å². The lowest BCUT2D eigenvalue weighted by Gasteiger charge is -2.50. The highest BCUT2D eigenvalue weighted by atomic mass is 79.9. The summed E-state index contributed by atoms with van der Waals surface area (Å²) in [7, 11) is 2.58. The van der Waals surface area contributed by atoms with Crippen molar-refractivity contribution in [2.24, 2.45) is 11.8 Å². The monoisotopic (exact) mass is 506 g/mol. The van der Waals surface area contributed by atoms with Crippen molar-refractivity contribution in [1.29, 1.82) is 5.26 Å². The largest absolute Gasteiger partial charge is 1.00 e. The van der Waals surface area contributed by atoms with Gasteiger partial charge in [0.1, 0.15) is 5.41 Å². The molecule has 2 aromatic rings. The predicted octanol–water partition coefficient (Wildman–Crippen LogP) is 3.86. The number of fused-ring (bicyclic) bond motifs is 2. The van der Waals surface area contributed by atoms with Gasteiger partial charge in [-0.05, 0) is 36.3 Å². The molecule has 0 N–H and O–H groups in total. The van der Waals surface area contributed by atoms with Crippen molar-refractivity contribution in [3.8, 4) is 6.07 Å². The molecular formula is C30H39BrN2. The summed E-state index contributed by atoms with van der Waals surface area (Å²) >= 11 is 0. The molecule has 2 heterocycles. The van der Waals surface area contributed by atoms with Crippen LogP contribution in [0.15, 0.2) is 60.7 Å². The van der Waals surface area contributed by atoms with Crippen LogP contribution in [-0.2, 0) is 5.41 Å². The van der Waals surface area contributed by atoms with Gasteiger partial charge in [-0.25, -0.2) is 0 Å². The highest BCUT2D eigenvalue weighted by Gasteiger charge is 2.53. The minimum absolute atomic E-state index is 0. The lowest BCUT2D eigenvalue weighted by Crippen LogP contribution is -3.00. The van der Waals surface area contributed by atoms with Crippen molar-refractivity contribution in [3.63, 3.8) is 0 Å². The summed E-state index contributed by atoms with van der Waals surface area (Å²) in [5.74, 6) is 1.57. The van der Waals surface area contributed by atoms with Gasteiger partial charge in [-0.3, -0.25) is 0 Å². The Morgan fingerprint density at radius 1 is 0.788 bits per heavy atom. The van der Waals surface area contributed by atoms with Crippen molar-refractivity contribution in [2.45, 2.75) is 81.7 Å². The molecule has 2 nitrogen and oxygen atoms in total. The Bertz CT molecular complexity index is 875. The van der Waals surface area contributed by atoms with E-state index in [0.717, 1.165) is 35.5 Å². The highest BCUT2D eigenvalue weighted by molar-refractivity contribution is 5.45. The Kier molecular flexibility index (Phi) is 7.66. The Balaban J connectivity index is 0.00000259. The molecule has 2 saturated heterocycles. The zero-order valence-electron chi connectivity index (χ0n) is 20.1. The molecule has 2 aliphatic heterocycles. The van der Waals surface area contributed by atoms with Crippen LogP contribution in [0, 0.1) is 23.2 Å². The molecule has 3 heteroatoms. The van der Waals surface area contributed by atoms with E-state index in [1.54, 1.807) is 0 Å². The Hall–Kier alpha value is -1.63. The second kappa shape index (κ2) is 10.3. The third-order valence-electron chi connectivity index (χ3n) is 9.41. The average Bonchev–Trinajstić information content (AvgIpc) is 3.00. The predicted molar refractivity (Wildman–Crippen MR) is 131 cm³/mol. The fourth-order valence-corrected chi connectivity index (χ4v) is 7.70. The maximum absolute atomic E-state index is 10.6. The maximum atomic E-state index is 10.6. The summed E-state index contributed by atoms with van der Waals surface area (Å²) in [6.07, 6.45) is 13.6. The van der Waals surface area contributed by atoms with E-state index in [-0.39, 0.29) is 17.0 Å². The molecule has 2 bridgehead atoms. The first kappa shape index (κ1) is 24.5. The van der Waals surface area contributed by atoms with E-state index < -0.39 is 5.41 Å². The van der Waals surface area contributed by atoms with E-state index in [4.69, 9.17) is 0 Å². The second-order valence-electron chi connectivity index (χ2n) is 11.2. The Morgan fingerprint density at radius 2 is 1.30 bits per heavy atom. The van der Waals surface area contributed by atoms with Crippen molar-refractivity contribution in [1.82, 2.24) is 0 Å². The standard InChI is InChI=1S/C30H39N2.BrH/c1-32(22-24-11-5-2-6-12-24)28-17-18-29(32)20-25(19-28)21-30(23-31,26-13-7-3-8-14-26)27-15-9-4-10-16-27;/h3-4,7-10,13-16,24-25,28-29H,2,5-6,11-12,17-22H2,1H3;1H/q+1;/p-1. The van der Waals surface area contributed by atoms with Gasteiger partial charge in [-0.15, -0.1) is 0 Å². The van der Waals surface area contributed by atoms with Crippen LogP contribution in [0.2, 0.25) is 0 Å². The summed E-state index contributed by atoms with van der Waals surface area (Å²) < 4.78 is 1.33. The highest BCUT2D eigenvalue weighted by Crippen LogP contribution is 2.49. The summed E-state index contributed by atoms with van der Waals surface area (Å²) in [5.41, 5.74) is 1.77. The third-order valence-corrected chi connectivity index (χ3v) is 9.41. The summed E-state index contributed by atoms with van der Waals surface area (Å²) in [6, 6.07) is 25.6. The van der Waals surface area contributed by atoms with E-state index in [1.165, 1.54) is 68.8 Å². The number of quaternary nitrogens is 1. The van der Waals surface area contributed by atoms with E-state index in [9.17, 15) is 5.26 Å². The van der Waals surface area contributed by atoms with Gasteiger partial charge in [0.05, 0.1) is 31.7 Å². The van der Waals surface area contributed by atoms with E-state index in [0.29, 0.717) is 5.92 Å². The first-order valence-electron chi connectivity index (χ1n) is 13.0. The summed E-state index contributed by atoms with van der Waals surface area (Å²) in [5, 5.41) is 10.6. The minimum atomic E-state index is -0.545. The topological polar surface area (TPSA) is 23.8 Å². The van der Waals surface area contributed by atoms with Crippen LogP contribution in [0.5, 0.6) is 0 Å². The van der Waals surface area contributed by atoms with Crippen LogP contribution < -0.4 is 17.0 Å². The van der Waals surface area contributed by atoms with Crippen LogP contribution in [0.1, 0.15) is 75.3 Å². The first-order chi connectivity index (χ1) is 15.6. The number of nitrogens with zero attached hydrogens (tertiary/aromatic N) is 2. The van der Waals surface area contributed by atoms with Gasteiger partial charge in [0.25, 0.3) is 0 Å². The molecule has 0 aromatic heterocycles. The molecule has 3 aliphatic rings. The molecule has 2 atom stereocenters. The molecule has 33 heavy (non-hydrogen) atoms. The number of benzene rings is 2. The average molecular weight is 508 g/mol. The van der Waals surface area contributed by atoms with E-state index in [1.807, 2.05) is 0 Å². The summed E-state index contributed by atoms with van der Waals surface area (Å²) in [6.45, 7) is 1.41. The SMILES string of the molecule is C[N+]1(CC2CCCCC2)C2CCC1CC(CC(C#N)(c1ccccc1)c1ccccc1)C2.[Br-]. The van der Waals surface area contributed by atoms with Crippen molar-refractivity contribution in [2.75, 3.05) is 13.6 Å². The lowest BCUT2D eigenvalue weighted by atomic mass is 9.67. The van der Waals surface area contributed by atoms with Crippen molar-refractivity contribution >= 4 is 0 Å². The number of hydrogen-bond donors (Lipinski definition) is 0. The quantitative estimate of drug-likeness (QED) is 0.545. The molecule has 0 amide bonds. The fourth-order valence-electron chi connectivity index (χ4n) is 7.70. The number of hydrogen-bond acceptors (Lipinski definition) is 1. The fraction of sp³-hybridized carbons (Fsp3) is 0.567. The Labute approximate surface area is 211 Å². The molecule has 2 unspecified atom stereocenters. The smallest absolute Gasteiger partial charge is 0.107 e. The number of rotatable bonds is 6. The van der Waals surface area contributed by atoms with Gasteiger partial charge < -0.3 is 21.5 Å². The molecule has 1 saturated carbocycles. The molecule has 0 radical (unpaired) electrons. The number of halogens is 1. The van der Waals surface area contributed by atoms with Crippen molar-refractivity contribution in [3.05, 3.63) is 71.8 Å². The lowest BCUT2D eigenvalue weighted by molar-refractivity contribution is -0.952. The molecule has 2 aromatic carbocycles. The molecule has 5 rings (SSSR count). The Morgan fingerprint density at radius 3 is 1.79 bits per heavy atom. The third kappa shape index (κ3) is 4.67. The number of piperidine rings is 1. The van der Waals surface area contributed by atoms with Gasteiger partial charge in [0.2, 0.25) is 0 Å². The van der Waals surface area contributed by atoms with Crippen LogP contribution >= 0.6 is 0 Å². The van der Waals surface area contributed by atoms with Gasteiger partial charge in [0.15, 0.2) is 0 Å². The molecule has 0 spiro atoms. The van der Waals surface area contributed by atoms with E-state index in [2.05, 4.69) is 73.8 Å². The van der Waals surface area contributed by atoms with Gasteiger partial charge in [0, 0.05) is 31.6 Å². The molecule has 176 valence electrons. The first-order valence-corrected chi connectivity index (χ1v) is 13.0. The summed E-state index contributed by atoms with van der Waals surface area (Å²) in [4.78, 5) is 0. The molecule has 3 fully saturated rings. The van der Waals surface area contributed by atoms with Crippen LogP contribution in [0.3, 0.4) is 0 Å². The zero-order valence-corrected chi connectivity index (χ0v) is 21.7. The minimum Gasteiger partial charge on any atom is -1.00 e. The molecule has 1 aliphatic carbocycles. The van der Waals surface area contributed by atoms with Gasteiger partial charge >= 0.3 is 0 Å². The normalized spacial score (nSPS) is 29.8. The van der Waals surface area contributed by atoms with Crippen LogP contribution in [0.25, 0.3) is 0 Å². The second-order valence-corrected chi connectivity index (χ2v) is 11.2. The maximum Gasteiger partial charge on any atom is 0.107 e. The van der Waals surface area contributed by atoms with Gasteiger partial charge in [-0.2, -0.15) is 5.26 Å².